The van der Waals surface area contributed by atoms with Crippen molar-refractivity contribution in [3.8, 4) is 0 Å². The first-order chi connectivity index (χ1) is 11.7. The zero-order valence-corrected chi connectivity index (χ0v) is 16.1. The van der Waals surface area contributed by atoms with Gasteiger partial charge in [-0.1, -0.05) is 25.1 Å². The summed E-state index contributed by atoms with van der Waals surface area (Å²) in [7, 11) is -0.655. The monoisotopic (exact) mass is 360 g/mol. The highest BCUT2D eigenvalue weighted by atomic mass is 32.2. The fraction of sp³-hybridized carbons (Fsp3) is 0.316. The number of hydrogen-bond donors (Lipinski definition) is 1. The lowest BCUT2D eigenvalue weighted by molar-refractivity contribution is 0.102. The molecule has 0 aliphatic heterocycles. The summed E-state index contributed by atoms with van der Waals surface area (Å²) in [5.41, 5.74) is 3.74. The molecule has 25 heavy (non-hydrogen) atoms. The summed E-state index contributed by atoms with van der Waals surface area (Å²) in [6.45, 7) is 5.69. The van der Waals surface area contributed by atoms with Crippen molar-refractivity contribution >= 4 is 21.6 Å². The van der Waals surface area contributed by atoms with Crippen molar-refractivity contribution in [1.82, 2.24) is 4.31 Å². The Morgan fingerprint density at radius 2 is 1.68 bits per heavy atom. The van der Waals surface area contributed by atoms with Gasteiger partial charge in [0.05, 0.1) is 4.90 Å². The van der Waals surface area contributed by atoms with Gasteiger partial charge >= 0.3 is 0 Å². The van der Waals surface area contributed by atoms with E-state index in [0.29, 0.717) is 11.1 Å². The number of anilines is 1. The zero-order chi connectivity index (χ0) is 18.8. The number of sulfonamides is 1. The van der Waals surface area contributed by atoms with Crippen molar-refractivity contribution < 1.29 is 13.2 Å². The summed E-state index contributed by atoms with van der Waals surface area (Å²) in [5.74, 6) is -0.327. The summed E-state index contributed by atoms with van der Waals surface area (Å²) in [5, 5.41) is 2.88. The Hall–Kier alpha value is -2.18. The van der Waals surface area contributed by atoms with E-state index in [4.69, 9.17) is 0 Å². The maximum atomic E-state index is 12.6. The van der Waals surface area contributed by atoms with Crippen LogP contribution >= 0.6 is 0 Å². The molecule has 0 spiro atoms. The smallest absolute Gasteiger partial charge is 0.255 e. The number of carbonyl (C=O) groups is 1. The third-order valence-electron chi connectivity index (χ3n) is 4.17. The van der Waals surface area contributed by atoms with Gasteiger partial charge in [0.15, 0.2) is 0 Å². The second-order valence-corrected chi connectivity index (χ2v) is 8.34. The molecule has 2 aromatic rings. The number of nitrogens with one attached hydrogen (secondary N) is 1. The minimum Gasteiger partial charge on any atom is -0.322 e. The second-order valence-electron chi connectivity index (χ2n) is 6.22. The molecule has 0 fully saturated rings. The number of hydrogen-bond acceptors (Lipinski definition) is 3. The highest BCUT2D eigenvalue weighted by Crippen LogP contribution is 2.22. The minimum absolute atomic E-state index is 0.143. The Morgan fingerprint density at radius 1 is 1.04 bits per heavy atom. The van der Waals surface area contributed by atoms with Gasteiger partial charge in [0.2, 0.25) is 10.0 Å². The van der Waals surface area contributed by atoms with Crippen LogP contribution in [0.2, 0.25) is 0 Å². The van der Waals surface area contributed by atoms with Crippen molar-refractivity contribution in [2.45, 2.75) is 32.1 Å². The summed E-state index contributed by atoms with van der Waals surface area (Å²) in [6, 6.07) is 10.7. The van der Waals surface area contributed by atoms with Gasteiger partial charge in [0.25, 0.3) is 5.91 Å². The molecular weight excluding hydrogens is 336 g/mol. The molecule has 0 radical (unpaired) electrons. The molecule has 0 aromatic heterocycles. The van der Waals surface area contributed by atoms with Crippen LogP contribution in [0.5, 0.6) is 0 Å². The summed E-state index contributed by atoms with van der Waals surface area (Å²) in [6.07, 6.45) is 0.874. The van der Waals surface area contributed by atoms with E-state index in [-0.39, 0.29) is 10.8 Å². The number of rotatable bonds is 5. The molecule has 6 heteroatoms. The van der Waals surface area contributed by atoms with Gasteiger partial charge in [-0.05, 0) is 55.2 Å². The molecule has 0 unspecified atom stereocenters. The van der Waals surface area contributed by atoms with Crippen molar-refractivity contribution in [1.29, 1.82) is 0 Å². The number of nitrogens with zero attached hydrogens (tertiary/aromatic N) is 1. The number of carbonyl (C=O) groups excluding carboxylic acids is 1. The van der Waals surface area contributed by atoms with E-state index in [9.17, 15) is 13.2 Å². The van der Waals surface area contributed by atoms with E-state index in [0.717, 1.165) is 27.5 Å². The number of aryl methyl sites for hydroxylation is 3. The fourth-order valence-electron chi connectivity index (χ4n) is 2.43. The maximum absolute atomic E-state index is 12.6. The van der Waals surface area contributed by atoms with Crippen LogP contribution in [-0.4, -0.2) is 32.7 Å². The van der Waals surface area contributed by atoms with Gasteiger partial charge in [0.1, 0.15) is 0 Å². The Labute approximate surface area is 149 Å². The third kappa shape index (κ3) is 4.08. The van der Waals surface area contributed by atoms with E-state index in [1.807, 2.05) is 25.1 Å². The molecule has 0 saturated carbocycles. The standard InChI is InChI=1S/C19H24N2O3S/c1-6-15-9-7-13(2)17(11-15)20-19(22)16-10-8-14(3)18(12-16)25(23,24)21(4)5/h7-12H,6H2,1-5H3,(H,20,22). The summed E-state index contributed by atoms with van der Waals surface area (Å²) < 4.78 is 26.0. The Kier molecular flexibility index (Phi) is 5.65. The van der Waals surface area contributed by atoms with Crippen molar-refractivity contribution in [2.75, 3.05) is 19.4 Å². The fourth-order valence-corrected chi connectivity index (χ4v) is 3.58. The third-order valence-corrected chi connectivity index (χ3v) is 6.12. The normalized spacial score (nSPS) is 11.6. The quantitative estimate of drug-likeness (QED) is 0.889. The molecule has 0 aliphatic rings. The van der Waals surface area contributed by atoms with Crippen molar-refractivity contribution in [3.63, 3.8) is 0 Å². The Morgan fingerprint density at radius 3 is 2.28 bits per heavy atom. The van der Waals surface area contributed by atoms with Gasteiger partial charge in [-0.3, -0.25) is 4.79 Å². The lowest BCUT2D eigenvalue weighted by atomic mass is 10.1. The number of benzene rings is 2. The van der Waals surface area contributed by atoms with Gasteiger partial charge in [-0.25, -0.2) is 12.7 Å². The van der Waals surface area contributed by atoms with Crippen molar-refractivity contribution in [2.24, 2.45) is 0 Å². The first-order valence-electron chi connectivity index (χ1n) is 8.11. The highest BCUT2D eigenvalue weighted by molar-refractivity contribution is 7.89. The van der Waals surface area contributed by atoms with E-state index >= 15 is 0 Å². The molecule has 2 aromatic carbocycles. The van der Waals surface area contributed by atoms with E-state index in [2.05, 4.69) is 12.2 Å². The van der Waals surface area contributed by atoms with Gasteiger partial charge in [0, 0.05) is 25.3 Å². The topological polar surface area (TPSA) is 66.5 Å². The Bertz CT molecular complexity index is 903. The van der Waals surface area contributed by atoms with Crippen LogP contribution in [0.1, 0.15) is 34.0 Å². The van der Waals surface area contributed by atoms with Gasteiger partial charge in [-0.15, -0.1) is 0 Å². The lowest BCUT2D eigenvalue weighted by Crippen LogP contribution is -2.23. The molecule has 0 saturated heterocycles. The van der Waals surface area contributed by atoms with E-state index in [1.165, 1.54) is 20.2 Å². The second kappa shape index (κ2) is 7.37. The van der Waals surface area contributed by atoms with Crippen LogP contribution in [0.3, 0.4) is 0 Å². The molecule has 5 nitrogen and oxygen atoms in total. The van der Waals surface area contributed by atoms with Gasteiger partial charge in [-0.2, -0.15) is 0 Å². The molecule has 0 bridgehead atoms. The average molecular weight is 360 g/mol. The van der Waals surface area contributed by atoms with Crippen molar-refractivity contribution in [3.05, 3.63) is 58.7 Å². The predicted octanol–water partition coefficient (Wildman–Crippen LogP) is 3.37. The van der Waals surface area contributed by atoms with Crippen LogP contribution in [0, 0.1) is 13.8 Å². The van der Waals surface area contributed by atoms with Crippen LogP contribution in [0.15, 0.2) is 41.3 Å². The lowest BCUT2D eigenvalue weighted by Gasteiger charge is -2.15. The molecule has 0 heterocycles. The zero-order valence-electron chi connectivity index (χ0n) is 15.3. The molecule has 2 rings (SSSR count). The number of amides is 1. The highest BCUT2D eigenvalue weighted by Gasteiger charge is 2.21. The first-order valence-corrected chi connectivity index (χ1v) is 9.55. The Balaban J connectivity index is 2.38. The van der Waals surface area contributed by atoms with Crippen LogP contribution in [0.4, 0.5) is 5.69 Å². The van der Waals surface area contributed by atoms with Crippen LogP contribution in [0.25, 0.3) is 0 Å². The van der Waals surface area contributed by atoms with E-state index in [1.54, 1.807) is 19.1 Å². The van der Waals surface area contributed by atoms with Gasteiger partial charge < -0.3 is 5.32 Å². The summed E-state index contributed by atoms with van der Waals surface area (Å²) >= 11 is 0. The molecule has 1 N–H and O–H groups in total. The first kappa shape index (κ1) is 19.1. The molecule has 0 atom stereocenters. The molecule has 0 aliphatic carbocycles. The minimum atomic E-state index is -3.60. The predicted molar refractivity (Wildman–Crippen MR) is 101 cm³/mol. The summed E-state index contributed by atoms with van der Waals surface area (Å²) in [4.78, 5) is 12.7. The SMILES string of the molecule is CCc1ccc(C)c(NC(=O)c2ccc(C)c(S(=O)(=O)N(C)C)c2)c1. The maximum Gasteiger partial charge on any atom is 0.255 e. The average Bonchev–Trinajstić information content (AvgIpc) is 2.56. The molecule has 1 amide bonds. The van der Waals surface area contributed by atoms with Crippen LogP contribution < -0.4 is 5.32 Å². The largest absolute Gasteiger partial charge is 0.322 e. The molecular formula is C19H24N2O3S. The molecule has 134 valence electrons. The van der Waals surface area contributed by atoms with E-state index < -0.39 is 10.0 Å². The van der Waals surface area contributed by atoms with Crippen LogP contribution in [-0.2, 0) is 16.4 Å².